The van der Waals surface area contributed by atoms with Gasteiger partial charge in [0.1, 0.15) is 5.82 Å². The van der Waals surface area contributed by atoms with Gasteiger partial charge in [-0.15, -0.1) is 0 Å². The normalized spacial score (nSPS) is 12.1. The molecule has 0 radical (unpaired) electrons. The van der Waals surface area contributed by atoms with Crippen LogP contribution in [0.3, 0.4) is 0 Å². The van der Waals surface area contributed by atoms with E-state index in [1.54, 1.807) is 0 Å². The fraction of sp³-hybridized carbons (Fsp3) is 0.571. The van der Waals surface area contributed by atoms with Crippen LogP contribution in [0.4, 0.5) is 4.39 Å². The van der Waals surface area contributed by atoms with E-state index in [1.165, 1.54) is 6.07 Å². The molecule has 0 aromatic heterocycles. The van der Waals surface area contributed by atoms with E-state index in [0.29, 0.717) is 18.7 Å². The van der Waals surface area contributed by atoms with E-state index < -0.39 is 15.8 Å². The van der Waals surface area contributed by atoms with Crippen LogP contribution in [0.15, 0.2) is 17.0 Å². The average molecular weight is 337 g/mol. The molecule has 0 atom stereocenters. The van der Waals surface area contributed by atoms with Crippen LogP contribution < -0.4 is 10.0 Å². The van der Waals surface area contributed by atoms with Gasteiger partial charge in [-0.1, -0.05) is 32.4 Å². The van der Waals surface area contributed by atoms with E-state index in [4.69, 9.17) is 11.6 Å². The van der Waals surface area contributed by atoms with E-state index in [1.807, 2.05) is 20.8 Å². The highest BCUT2D eigenvalue weighted by Gasteiger charge is 2.19. The molecule has 0 unspecified atom stereocenters. The minimum atomic E-state index is -3.72. The smallest absolute Gasteiger partial charge is 0.240 e. The molecule has 4 nitrogen and oxygen atoms in total. The second kappa shape index (κ2) is 8.08. The van der Waals surface area contributed by atoms with Crippen molar-refractivity contribution in [1.29, 1.82) is 0 Å². The summed E-state index contributed by atoms with van der Waals surface area (Å²) in [6.45, 7) is 7.18. The van der Waals surface area contributed by atoms with Gasteiger partial charge in [-0.2, -0.15) is 0 Å². The van der Waals surface area contributed by atoms with Gasteiger partial charge in [-0.25, -0.2) is 17.5 Å². The minimum absolute atomic E-state index is 0.0404. The van der Waals surface area contributed by atoms with Crippen LogP contribution in [-0.4, -0.2) is 21.5 Å². The van der Waals surface area contributed by atoms with Gasteiger partial charge in [0.2, 0.25) is 10.0 Å². The lowest BCUT2D eigenvalue weighted by atomic mass is 10.2. The van der Waals surface area contributed by atoms with E-state index in [-0.39, 0.29) is 15.8 Å². The van der Waals surface area contributed by atoms with Crippen LogP contribution in [0.2, 0.25) is 5.02 Å². The third kappa shape index (κ3) is 5.54. The summed E-state index contributed by atoms with van der Waals surface area (Å²) in [5, 5.41) is 3.04. The lowest BCUT2D eigenvalue weighted by molar-refractivity contribution is 0.557. The van der Waals surface area contributed by atoms with E-state index in [0.717, 1.165) is 19.0 Å². The van der Waals surface area contributed by atoms with Crippen LogP contribution >= 0.6 is 11.6 Å². The van der Waals surface area contributed by atoms with E-state index >= 15 is 0 Å². The molecule has 7 heteroatoms. The van der Waals surface area contributed by atoms with Crippen molar-refractivity contribution in [3.05, 3.63) is 28.5 Å². The molecule has 0 amide bonds. The van der Waals surface area contributed by atoms with Gasteiger partial charge >= 0.3 is 0 Å². The molecule has 21 heavy (non-hydrogen) atoms. The SMILES string of the molecule is CCCNCc1cc(S(=O)(=O)NCC(C)C)cc(F)c1Cl. The van der Waals surface area contributed by atoms with Gasteiger partial charge in [-0.05, 0) is 36.6 Å². The molecular weight excluding hydrogens is 315 g/mol. The Kier molecular flexibility index (Phi) is 7.06. The molecule has 0 heterocycles. The lowest BCUT2D eigenvalue weighted by Gasteiger charge is -2.12. The van der Waals surface area contributed by atoms with Crippen LogP contribution in [0.1, 0.15) is 32.8 Å². The molecule has 0 aliphatic rings. The summed E-state index contributed by atoms with van der Waals surface area (Å²) < 4.78 is 40.6. The van der Waals surface area contributed by atoms with Crippen molar-refractivity contribution in [1.82, 2.24) is 10.0 Å². The standard InChI is InChI=1S/C14H22ClFN2O2S/c1-4-5-17-9-11-6-12(7-13(16)14(11)15)21(19,20)18-8-10(2)3/h6-7,10,17-18H,4-5,8-9H2,1-3H3. The zero-order valence-electron chi connectivity index (χ0n) is 12.5. The fourth-order valence-corrected chi connectivity index (χ4v) is 3.11. The van der Waals surface area contributed by atoms with E-state index in [2.05, 4.69) is 10.0 Å². The van der Waals surface area contributed by atoms with Crippen molar-refractivity contribution >= 4 is 21.6 Å². The number of nitrogens with one attached hydrogen (secondary N) is 2. The summed E-state index contributed by atoms with van der Waals surface area (Å²) >= 11 is 5.89. The largest absolute Gasteiger partial charge is 0.313 e. The zero-order chi connectivity index (χ0) is 16.0. The Labute approximate surface area is 131 Å². The number of rotatable bonds is 8. The number of halogens is 2. The molecule has 0 fully saturated rings. The Morgan fingerprint density at radius 3 is 2.57 bits per heavy atom. The third-order valence-corrected chi connectivity index (χ3v) is 4.64. The van der Waals surface area contributed by atoms with Crippen LogP contribution in [0.25, 0.3) is 0 Å². The monoisotopic (exact) mass is 336 g/mol. The first-order valence-electron chi connectivity index (χ1n) is 6.96. The number of hydrogen-bond donors (Lipinski definition) is 2. The van der Waals surface area contributed by atoms with Crippen molar-refractivity contribution in [3.8, 4) is 0 Å². The Morgan fingerprint density at radius 1 is 1.33 bits per heavy atom. The van der Waals surface area contributed by atoms with Crippen molar-refractivity contribution in [2.24, 2.45) is 5.92 Å². The summed E-state index contributed by atoms with van der Waals surface area (Å²) in [6.07, 6.45) is 0.925. The molecular formula is C14H22ClFN2O2S. The number of sulfonamides is 1. The Balaban J connectivity index is 3.02. The fourth-order valence-electron chi connectivity index (χ4n) is 1.66. The quantitative estimate of drug-likeness (QED) is 0.718. The molecule has 0 spiro atoms. The molecule has 1 aromatic carbocycles. The Bertz CT molecular complexity index is 577. The maximum absolute atomic E-state index is 13.8. The summed E-state index contributed by atoms with van der Waals surface area (Å²) in [5.74, 6) is -0.556. The van der Waals surface area contributed by atoms with Gasteiger partial charge in [-0.3, -0.25) is 0 Å². The number of hydrogen-bond acceptors (Lipinski definition) is 3. The lowest BCUT2D eigenvalue weighted by Crippen LogP contribution is -2.28. The predicted molar refractivity (Wildman–Crippen MR) is 83.4 cm³/mol. The van der Waals surface area contributed by atoms with Crippen molar-refractivity contribution < 1.29 is 12.8 Å². The topological polar surface area (TPSA) is 58.2 Å². The van der Waals surface area contributed by atoms with Gasteiger partial charge in [0.25, 0.3) is 0 Å². The first kappa shape index (κ1) is 18.4. The molecule has 120 valence electrons. The summed E-state index contributed by atoms with van der Waals surface area (Å²) in [4.78, 5) is -0.0988. The molecule has 0 aliphatic heterocycles. The average Bonchev–Trinajstić information content (AvgIpc) is 2.41. The maximum Gasteiger partial charge on any atom is 0.240 e. The maximum atomic E-state index is 13.8. The molecule has 0 saturated carbocycles. The number of benzene rings is 1. The molecule has 0 aliphatic carbocycles. The van der Waals surface area contributed by atoms with Crippen molar-refractivity contribution in [2.75, 3.05) is 13.1 Å². The zero-order valence-corrected chi connectivity index (χ0v) is 14.1. The Morgan fingerprint density at radius 2 is 2.00 bits per heavy atom. The summed E-state index contributed by atoms with van der Waals surface area (Å²) in [7, 11) is -3.72. The van der Waals surface area contributed by atoms with Crippen LogP contribution in [-0.2, 0) is 16.6 Å². The highest BCUT2D eigenvalue weighted by atomic mass is 35.5. The second-order valence-electron chi connectivity index (χ2n) is 5.30. The van der Waals surface area contributed by atoms with E-state index in [9.17, 15) is 12.8 Å². The first-order chi connectivity index (χ1) is 9.77. The third-order valence-electron chi connectivity index (χ3n) is 2.81. The predicted octanol–water partition coefficient (Wildman–Crippen LogP) is 2.91. The molecule has 2 N–H and O–H groups in total. The molecule has 1 aromatic rings. The van der Waals surface area contributed by atoms with Gasteiger partial charge in [0.05, 0.1) is 9.92 Å². The van der Waals surface area contributed by atoms with Crippen molar-refractivity contribution in [3.63, 3.8) is 0 Å². The van der Waals surface area contributed by atoms with Gasteiger partial charge < -0.3 is 5.32 Å². The Hall–Kier alpha value is -0.690. The summed E-state index contributed by atoms with van der Waals surface area (Å²) in [5.41, 5.74) is 0.440. The van der Waals surface area contributed by atoms with Crippen LogP contribution in [0, 0.1) is 11.7 Å². The highest BCUT2D eigenvalue weighted by Crippen LogP contribution is 2.24. The second-order valence-corrected chi connectivity index (χ2v) is 7.45. The van der Waals surface area contributed by atoms with Gasteiger partial charge in [0.15, 0.2) is 0 Å². The van der Waals surface area contributed by atoms with Gasteiger partial charge in [0, 0.05) is 13.1 Å². The minimum Gasteiger partial charge on any atom is -0.313 e. The first-order valence-corrected chi connectivity index (χ1v) is 8.82. The molecule has 0 saturated heterocycles. The van der Waals surface area contributed by atoms with Crippen molar-refractivity contribution in [2.45, 2.75) is 38.6 Å². The molecule has 1 rings (SSSR count). The summed E-state index contributed by atoms with van der Waals surface area (Å²) in [6, 6.07) is 2.37. The highest BCUT2D eigenvalue weighted by molar-refractivity contribution is 7.89. The molecule has 0 bridgehead atoms. The van der Waals surface area contributed by atoms with Crippen LogP contribution in [0.5, 0.6) is 0 Å².